The van der Waals surface area contributed by atoms with Crippen LogP contribution in [0.3, 0.4) is 0 Å². The molecule has 1 fully saturated rings. The van der Waals surface area contributed by atoms with Crippen LogP contribution in [0.25, 0.3) is 0 Å². The summed E-state index contributed by atoms with van der Waals surface area (Å²) in [6.45, 7) is 7.25. The van der Waals surface area contributed by atoms with Crippen LogP contribution in [0.1, 0.15) is 53.4 Å². The molecule has 0 aromatic rings. The molecule has 1 aliphatic rings. The van der Waals surface area contributed by atoms with Crippen molar-refractivity contribution in [3.63, 3.8) is 0 Å². The average molecular weight is 255 g/mol. The van der Waals surface area contributed by atoms with E-state index in [1.807, 2.05) is 20.8 Å². The minimum atomic E-state index is -0.456. The molecule has 1 aliphatic carbocycles. The minimum Gasteiger partial charge on any atom is -0.444 e. The van der Waals surface area contributed by atoms with Gasteiger partial charge < -0.3 is 9.64 Å². The molecule has 4 heteroatoms. The van der Waals surface area contributed by atoms with Gasteiger partial charge in [-0.25, -0.2) is 4.79 Å². The molecule has 0 heterocycles. The van der Waals surface area contributed by atoms with Crippen molar-refractivity contribution in [3.05, 3.63) is 0 Å². The molecule has 0 saturated heterocycles. The Kier molecular flexibility index (Phi) is 4.77. The van der Waals surface area contributed by atoms with Gasteiger partial charge in [0.15, 0.2) is 0 Å². The average Bonchev–Trinajstić information content (AvgIpc) is 2.26. The Bertz CT molecular complexity index is 311. The lowest BCUT2D eigenvalue weighted by Gasteiger charge is -2.34. The maximum absolute atomic E-state index is 11.9. The van der Waals surface area contributed by atoms with E-state index in [1.54, 1.807) is 18.9 Å². The first-order valence-corrected chi connectivity index (χ1v) is 6.67. The van der Waals surface area contributed by atoms with Crippen molar-refractivity contribution < 1.29 is 14.3 Å². The zero-order valence-electron chi connectivity index (χ0n) is 12.2. The van der Waals surface area contributed by atoms with E-state index in [0.29, 0.717) is 0 Å². The highest BCUT2D eigenvalue weighted by molar-refractivity contribution is 5.78. The van der Waals surface area contributed by atoms with E-state index in [4.69, 9.17) is 4.74 Å². The van der Waals surface area contributed by atoms with E-state index in [2.05, 4.69) is 0 Å². The molecular weight excluding hydrogens is 230 g/mol. The van der Waals surface area contributed by atoms with Gasteiger partial charge in [0.25, 0.3) is 0 Å². The topological polar surface area (TPSA) is 46.6 Å². The van der Waals surface area contributed by atoms with E-state index in [1.165, 1.54) is 0 Å². The summed E-state index contributed by atoms with van der Waals surface area (Å²) in [5.41, 5.74) is -0.456. The third-order valence-electron chi connectivity index (χ3n) is 3.50. The monoisotopic (exact) mass is 255 g/mol. The van der Waals surface area contributed by atoms with Gasteiger partial charge in [-0.15, -0.1) is 0 Å². The van der Waals surface area contributed by atoms with Crippen LogP contribution in [0, 0.1) is 5.92 Å². The Labute approximate surface area is 110 Å². The normalized spacial score (nSPS) is 24.5. The molecule has 0 atom stereocenters. The Balaban J connectivity index is 2.47. The maximum Gasteiger partial charge on any atom is 0.410 e. The Morgan fingerprint density at radius 3 is 2.00 bits per heavy atom. The van der Waals surface area contributed by atoms with E-state index >= 15 is 0 Å². The van der Waals surface area contributed by atoms with Crippen LogP contribution in [0.2, 0.25) is 0 Å². The number of rotatable bonds is 2. The number of carbonyl (C=O) groups excluding carboxylic acids is 2. The number of ether oxygens (including phenoxy) is 1. The fraction of sp³-hybridized carbons (Fsp3) is 0.857. The molecule has 1 amide bonds. The third kappa shape index (κ3) is 4.31. The second kappa shape index (κ2) is 5.72. The predicted molar refractivity (Wildman–Crippen MR) is 70.4 cm³/mol. The SMILES string of the molecule is CC(=O)[C@H]1CC[C@H](N(C)C(=O)OC(C)(C)C)CC1. The second-order valence-corrected chi connectivity index (χ2v) is 6.21. The molecule has 0 spiro atoms. The van der Waals surface area contributed by atoms with Crippen molar-refractivity contribution in [2.45, 2.75) is 65.0 Å². The number of ketones is 1. The van der Waals surface area contributed by atoms with Crippen molar-refractivity contribution >= 4 is 11.9 Å². The molecule has 1 rings (SSSR count). The van der Waals surface area contributed by atoms with Crippen LogP contribution in [-0.2, 0) is 9.53 Å². The number of hydrogen-bond acceptors (Lipinski definition) is 3. The van der Waals surface area contributed by atoms with Gasteiger partial charge in [0.1, 0.15) is 11.4 Å². The lowest BCUT2D eigenvalue weighted by atomic mass is 9.83. The summed E-state index contributed by atoms with van der Waals surface area (Å²) in [4.78, 5) is 24.9. The highest BCUT2D eigenvalue weighted by atomic mass is 16.6. The van der Waals surface area contributed by atoms with Gasteiger partial charge in [-0.05, 0) is 53.4 Å². The molecule has 0 bridgehead atoms. The first-order chi connectivity index (χ1) is 8.20. The van der Waals surface area contributed by atoms with Crippen LogP contribution in [0.15, 0.2) is 0 Å². The van der Waals surface area contributed by atoms with Gasteiger partial charge in [0, 0.05) is 19.0 Å². The maximum atomic E-state index is 11.9. The molecule has 4 nitrogen and oxygen atoms in total. The molecule has 0 radical (unpaired) electrons. The van der Waals surface area contributed by atoms with Gasteiger partial charge in [-0.2, -0.15) is 0 Å². The summed E-state index contributed by atoms with van der Waals surface area (Å²) < 4.78 is 5.35. The number of amides is 1. The van der Waals surface area contributed by atoms with Crippen molar-refractivity contribution in [2.24, 2.45) is 5.92 Å². The van der Waals surface area contributed by atoms with Gasteiger partial charge >= 0.3 is 6.09 Å². The molecule has 0 aromatic heterocycles. The zero-order valence-corrected chi connectivity index (χ0v) is 12.2. The third-order valence-corrected chi connectivity index (χ3v) is 3.50. The first kappa shape index (κ1) is 15.0. The second-order valence-electron chi connectivity index (χ2n) is 6.21. The lowest BCUT2D eigenvalue weighted by molar-refractivity contribution is -0.121. The highest BCUT2D eigenvalue weighted by Gasteiger charge is 2.30. The number of Topliss-reactive ketones (excluding diaryl/α,β-unsaturated/α-hetero) is 1. The largest absolute Gasteiger partial charge is 0.444 e. The highest BCUT2D eigenvalue weighted by Crippen LogP contribution is 2.28. The van der Waals surface area contributed by atoms with E-state index in [9.17, 15) is 9.59 Å². The van der Waals surface area contributed by atoms with Gasteiger partial charge in [-0.1, -0.05) is 0 Å². The fourth-order valence-corrected chi connectivity index (χ4v) is 2.35. The van der Waals surface area contributed by atoms with E-state index in [-0.39, 0.29) is 23.8 Å². The number of nitrogens with zero attached hydrogens (tertiary/aromatic N) is 1. The summed E-state index contributed by atoms with van der Waals surface area (Å²) in [6.07, 6.45) is 3.27. The van der Waals surface area contributed by atoms with Gasteiger partial charge in [0.05, 0.1) is 0 Å². The zero-order chi connectivity index (χ0) is 13.9. The summed E-state index contributed by atoms with van der Waals surface area (Å²) in [5, 5.41) is 0. The van der Waals surface area contributed by atoms with Gasteiger partial charge in [0.2, 0.25) is 0 Å². The van der Waals surface area contributed by atoms with Crippen molar-refractivity contribution in [2.75, 3.05) is 7.05 Å². The summed E-state index contributed by atoms with van der Waals surface area (Å²) in [6, 6.07) is 0.204. The number of hydrogen-bond donors (Lipinski definition) is 0. The van der Waals surface area contributed by atoms with Crippen LogP contribution in [0.4, 0.5) is 4.79 Å². The fourth-order valence-electron chi connectivity index (χ4n) is 2.35. The van der Waals surface area contributed by atoms with Crippen molar-refractivity contribution in [1.82, 2.24) is 4.90 Å². The Hall–Kier alpha value is -1.06. The summed E-state index contributed by atoms with van der Waals surface area (Å²) in [5.74, 6) is 0.460. The first-order valence-electron chi connectivity index (χ1n) is 6.67. The molecule has 0 aliphatic heterocycles. The van der Waals surface area contributed by atoms with Crippen molar-refractivity contribution in [1.29, 1.82) is 0 Å². The summed E-state index contributed by atoms with van der Waals surface area (Å²) in [7, 11) is 1.78. The molecule has 0 unspecified atom stereocenters. The molecule has 0 aromatic carbocycles. The molecule has 1 saturated carbocycles. The number of carbonyl (C=O) groups is 2. The quantitative estimate of drug-likeness (QED) is 0.762. The van der Waals surface area contributed by atoms with Crippen LogP contribution < -0.4 is 0 Å². The molecule has 0 N–H and O–H groups in total. The Morgan fingerprint density at radius 2 is 1.61 bits per heavy atom. The molecular formula is C14H25NO3. The lowest BCUT2D eigenvalue weighted by Crippen LogP contribution is -2.42. The summed E-state index contributed by atoms with van der Waals surface area (Å²) >= 11 is 0. The van der Waals surface area contributed by atoms with Crippen LogP contribution in [0.5, 0.6) is 0 Å². The van der Waals surface area contributed by atoms with Crippen molar-refractivity contribution in [3.8, 4) is 0 Å². The predicted octanol–water partition coefficient (Wildman–Crippen LogP) is 3.00. The smallest absolute Gasteiger partial charge is 0.410 e. The standard InChI is InChI=1S/C14H25NO3/c1-10(16)11-6-8-12(9-7-11)15(5)13(17)18-14(2,3)4/h11-12H,6-9H2,1-5H3/t11-,12-. The molecule has 18 heavy (non-hydrogen) atoms. The minimum absolute atomic E-state index is 0.188. The van der Waals surface area contributed by atoms with E-state index < -0.39 is 5.60 Å². The van der Waals surface area contributed by atoms with Crippen LogP contribution in [-0.4, -0.2) is 35.5 Å². The van der Waals surface area contributed by atoms with Gasteiger partial charge in [-0.3, -0.25) is 4.79 Å². The molecule has 104 valence electrons. The van der Waals surface area contributed by atoms with Crippen LogP contribution >= 0.6 is 0 Å². The Morgan fingerprint density at radius 1 is 1.11 bits per heavy atom. The van der Waals surface area contributed by atoms with E-state index in [0.717, 1.165) is 25.7 Å².